The SMILES string of the molecule is CCOP(=O)(OCC)C(CCC1(NC(=O)[C@@H](N)Cc2ccc(N(CCCl)CCCl)cc2)CCCCC1)P(=O)(OCC)OCC.Cl.Cl. The molecule has 1 saturated carbocycles. The first-order chi connectivity index (χ1) is 21.1. The largest absolute Gasteiger partial charge is 0.369 e. The summed E-state index contributed by atoms with van der Waals surface area (Å²) in [7, 11) is -7.79. The van der Waals surface area contributed by atoms with Crippen LogP contribution in [0.2, 0.25) is 0 Å². The molecule has 270 valence electrons. The molecule has 0 heterocycles. The lowest BCUT2D eigenvalue weighted by Crippen LogP contribution is -2.55. The number of halogens is 4. The molecule has 0 unspecified atom stereocenters. The number of anilines is 1. The molecule has 0 aliphatic heterocycles. The Kier molecular flexibility index (Phi) is 23.3. The highest BCUT2D eigenvalue weighted by molar-refractivity contribution is 7.72. The molecule has 0 aromatic heterocycles. The number of carbonyl (C=O) groups excluding carboxylic acids is 1. The van der Waals surface area contributed by atoms with Crippen molar-refractivity contribution in [2.45, 2.75) is 96.0 Å². The lowest BCUT2D eigenvalue weighted by molar-refractivity contribution is -0.124. The third-order valence-corrected chi connectivity index (χ3v) is 14.3. The normalized spacial score (nSPS) is 15.5. The summed E-state index contributed by atoms with van der Waals surface area (Å²) >= 11 is 11.9. The zero-order valence-corrected chi connectivity index (χ0v) is 32.6. The maximum absolute atomic E-state index is 14.1. The van der Waals surface area contributed by atoms with E-state index in [0.29, 0.717) is 37.7 Å². The topological polar surface area (TPSA) is 129 Å². The first kappa shape index (κ1) is 45.9. The van der Waals surface area contributed by atoms with Crippen molar-refractivity contribution < 1.29 is 32.0 Å². The van der Waals surface area contributed by atoms with Crippen molar-refractivity contribution in [1.82, 2.24) is 5.32 Å². The molecule has 0 spiro atoms. The lowest BCUT2D eigenvalue weighted by Gasteiger charge is -2.41. The number of carbonyl (C=O) groups is 1. The van der Waals surface area contributed by atoms with E-state index in [1.54, 1.807) is 27.7 Å². The van der Waals surface area contributed by atoms with Gasteiger partial charge in [0.2, 0.25) is 5.91 Å². The first-order valence-corrected chi connectivity index (χ1v) is 20.2. The van der Waals surface area contributed by atoms with Gasteiger partial charge in [-0.05, 0) is 77.5 Å². The minimum absolute atomic E-state index is 0. The first-order valence-electron chi connectivity index (χ1n) is 15.9. The molecule has 1 aliphatic carbocycles. The highest BCUT2D eigenvalue weighted by Crippen LogP contribution is 2.72. The summed E-state index contributed by atoms with van der Waals surface area (Å²) in [5.41, 5.74) is 7.79. The zero-order chi connectivity index (χ0) is 32.6. The number of nitrogens with two attached hydrogens (primary N) is 1. The molecule has 1 aromatic carbocycles. The number of alkyl halides is 2. The van der Waals surface area contributed by atoms with Crippen molar-refractivity contribution in [3.8, 4) is 0 Å². The second kappa shape index (κ2) is 23.3. The van der Waals surface area contributed by atoms with Crippen molar-refractivity contribution in [3.05, 3.63) is 29.8 Å². The average Bonchev–Trinajstić information content (AvgIpc) is 2.98. The summed E-state index contributed by atoms with van der Waals surface area (Å²) in [6.45, 7) is 8.67. The number of nitrogens with one attached hydrogen (secondary N) is 1. The maximum Gasteiger partial charge on any atom is 0.345 e. The van der Waals surface area contributed by atoms with Gasteiger partial charge >= 0.3 is 15.2 Å². The monoisotopic (exact) mass is 771 g/mol. The fourth-order valence-electron chi connectivity index (χ4n) is 5.82. The smallest absolute Gasteiger partial charge is 0.345 e. The van der Waals surface area contributed by atoms with Crippen LogP contribution < -0.4 is 16.0 Å². The highest BCUT2D eigenvalue weighted by atomic mass is 35.5. The van der Waals surface area contributed by atoms with Gasteiger partial charge in [0, 0.05) is 36.1 Å². The minimum atomic E-state index is -3.90. The maximum atomic E-state index is 14.1. The summed E-state index contributed by atoms with van der Waals surface area (Å²) in [6, 6.07) is 7.15. The van der Waals surface area contributed by atoms with Gasteiger partial charge in [0.15, 0.2) is 5.40 Å². The Morgan fingerprint density at radius 3 is 1.74 bits per heavy atom. The molecule has 16 heteroatoms. The Bertz CT molecular complexity index is 1030. The number of hydrogen-bond acceptors (Lipinski definition) is 9. The van der Waals surface area contributed by atoms with E-state index in [1.807, 2.05) is 24.3 Å². The van der Waals surface area contributed by atoms with Crippen LogP contribution in [-0.4, -0.2) is 74.2 Å². The van der Waals surface area contributed by atoms with E-state index in [9.17, 15) is 13.9 Å². The van der Waals surface area contributed by atoms with Crippen LogP contribution in [0.25, 0.3) is 0 Å². The van der Waals surface area contributed by atoms with E-state index in [0.717, 1.165) is 43.4 Å². The molecular weight excluding hydrogens is 718 g/mol. The molecule has 0 radical (unpaired) electrons. The number of amides is 1. The van der Waals surface area contributed by atoms with Crippen LogP contribution in [0.1, 0.15) is 78.2 Å². The van der Waals surface area contributed by atoms with Gasteiger partial charge in [-0.25, -0.2) is 0 Å². The van der Waals surface area contributed by atoms with E-state index < -0.39 is 32.2 Å². The Morgan fingerprint density at radius 2 is 1.33 bits per heavy atom. The van der Waals surface area contributed by atoms with E-state index in [2.05, 4.69) is 10.2 Å². The van der Waals surface area contributed by atoms with Crippen LogP contribution in [0.4, 0.5) is 5.69 Å². The number of rotatable bonds is 22. The molecule has 3 N–H and O–H groups in total. The Balaban J connectivity index is 0.0000101. The van der Waals surface area contributed by atoms with E-state index >= 15 is 0 Å². The predicted molar refractivity (Wildman–Crippen MR) is 195 cm³/mol. The average molecular weight is 774 g/mol. The van der Waals surface area contributed by atoms with Gasteiger partial charge in [-0.1, -0.05) is 31.4 Å². The molecular formula is C30H55Cl4N3O7P2. The van der Waals surface area contributed by atoms with Gasteiger partial charge in [0.25, 0.3) is 0 Å². The van der Waals surface area contributed by atoms with Crippen LogP contribution in [-0.2, 0) is 38.4 Å². The van der Waals surface area contributed by atoms with Gasteiger partial charge in [0.1, 0.15) is 0 Å². The van der Waals surface area contributed by atoms with Crippen LogP contribution in [0.15, 0.2) is 24.3 Å². The van der Waals surface area contributed by atoms with Crippen LogP contribution in [0.3, 0.4) is 0 Å². The van der Waals surface area contributed by atoms with Crippen LogP contribution in [0.5, 0.6) is 0 Å². The molecule has 1 aromatic rings. The third-order valence-electron chi connectivity index (χ3n) is 7.85. The standard InChI is InChI=1S/C30H53Cl2N3O7P2.2ClH/c1-5-39-43(37,40-6-2)28(44(38,41-7-3)42-8-4)16-19-30(17-10-9-11-18-30)34-29(36)27(33)24-25-12-14-26(15-13-25)35(22-20-31)23-21-32;;/h12-15,27-28H,5-11,16-24,33H2,1-4H3,(H,34,36);2*1H/t27-;;/m0../s1. The van der Waals surface area contributed by atoms with Crippen molar-refractivity contribution in [2.24, 2.45) is 5.73 Å². The van der Waals surface area contributed by atoms with Crippen molar-refractivity contribution in [2.75, 3.05) is 56.2 Å². The second-order valence-corrected chi connectivity index (χ2v) is 16.5. The van der Waals surface area contributed by atoms with Crippen molar-refractivity contribution in [1.29, 1.82) is 0 Å². The highest BCUT2D eigenvalue weighted by Gasteiger charge is 2.51. The molecule has 10 nitrogen and oxygen atoms in total. The second-order valence-electron chi connectivity index (χ2n) is 10.9. The van der Waals surface area contributed by atoms with Gasteiger partial charge in [-0.3, -0.25) is 13.9 Å². The van der Waals surface area contributed by atoms with Crippen LogP contribution in [0, 0.1) is 0 Å². The Labute approximate surface area is 298 Å². The predicted octanol–water partition coefficient (Wildman–Crippen LogP) is 8.14. The molecule has 1 atom stereocenters. The van der Waals surface area contributed by atoms with Gasteiger partial charge in [-0.2, -0.15) is 0 Å². The van der Waals surface area contributed by atoms with Crippen molar-refractivity contribution in [3.63, 3.8) is 0 Å². The minimum Gasteiger partial charge on any atom is -0.369 e. The summed E-state index contributed by atoms with van der Waals surface area (Å²) in [5.74, 6) is 0.736. The molecule has 1 aliphatic rings. The molecule has 46 heavy (non-hydrogen) atoms. The van der Waals surface area contributed by atoms with Gasteiger partial charge in [0.05, 0.1) is 32.5 Å². The fourth-order valence-corrected chi connectivity index (χ4v) is 11.6. The van der Waals surface area contributed by atoms with Crippen LogP contribution >= 0.6 is 63.2 Å². The zero-order valence-electron chi connectivity index (χ0n) is 27.6. The molecule has 0 saturated heterocycles. The Morgan fingerprint density at radius 1 is 0.870 bits per heavy atom. The number of nitrogens with zero attached hydrogens (tertiary/aromatic N) is 1. The number of hydrogen-bond donors (Lipinski definition) is 2. The van der Waals surface area contributed by atoms with Crippen molar-refractivity contribution >= 4 is 74.8 Å². The fraction of sp³-hybridized carbons (Fsp3) is 0.767. The summed E-state index contributed by atoms with van der Waals surface area (Å²) in [5, 5.41) is 2.13. The lowest BCUT2D eigenvalue weighted by atomic mass is 9.78. The molecule has 1 fully saturated rings. The number of benzene rings is 1. The summed E-state index contributed by atoms with van der Waals surface area (Å²) < 4.78 is 50.7. The molecule has 2 rings (SSSR count). The van der Waals surface area contributed by atoms with Gasteiger partial charge in [-0.15, -0.1) is 48.0 Å². The summed E-state index contributed by atoms with van der Waals surface area (Å²) in [6.07, 6.45) is 5.27. The third kappa shape index (κ3) is 13.7. The van der Waals surface area contributed by atoms with Gasteiger partial charge < -0.3 is 34.0 Å². The Hall–Kier alpha value is -0.0900. The van der Waals surface area contributed by atoms with E-state index in [1.165, 1.54) is 0 Å². The molecule has 1 amide bonds. The van der Waals surface area contributed by atoms with E-state index in [4.69, 9.17) is 47.0 Å². The molecule has 0 bridgehead atoms. The quantitative estimate of drug-likeness (QED) is 0.0887. The summed E-state index contributed by atoms with van der Waals surface area (Å²) in [4.78, 5) is 15.6. The van der Waals surface area contributed by atoms with E-state index in [-0.39, 0.29) is 63.6 Å².